The number of cyclic esters (lactones) is 1. The van der Waals surface area contributed by atoms with Gasteiger partial charge in [0.25, 0.3) is 5.91 Å². The molecule has 1 aromatic rings. The molecule has 5 rings (SSSR count). The standard InChI is InChI=1S/C37H48N4O8S/c1-5-27-23-37(27,34(44)40-50(46,47)29-17-18-29)39-32(42)30-22-28-24-41(30)33(43)31(36(2,3)4)38-35(45)49-19-10-8-6-7-9-13-25-14-11-15-26(21-25)16-12-20-48-28/h5,9,11,13-15,21,27-31H,1,6-8,10,17-20,22-24H2,2-4H3,(H,38,45)(H,39,42)(H,40,44)/t27-,28-,30+,31-,37-/m1/s1. The van der Waals surface area contributed by atoms with Crippen molar-refractivity contribution in [3.05, 3.63) is 54.1 Å². The molecule has 50 heavy (non-hydrogen) atoms. The topological polar surface area (TPSA) is 160 Å². The van der Waals surface area contributed by atoms with E-state index in [4.69, 9.17) is 9.47 Å². The molecule has 13 heteroatoms. The van der Waals surface area contributed by atoms with E-state index in [0.717, 1.165) is 30.4 Å². The molecule has 0 unspecified atom stereocenters. The number of fused-ring (bicyclic) bond motifs is 4. The molecule has 4 aliphatic rings. The highest BCUT2D eigenvalue weighted by Crippen LogP contribution is 2.45. The molecule has 12 nitrogen and oxygen atoms in total. The molecule has 1 aromatic carbocycles. The van der Waals surface area contributed by atoms with Gasteiger partial charge in [-0.15, -0.1) is 6.58 Å². The molecule has 4 bridgehead atoms. The van der Waals surface area contributed by atoms with E-state index in [-0.39, 0.29) is 32.6 Å². The van der Waals surface area contributed by atoms with Gasteiger partial charge in [-0.3, -0.25) is 19.1 Å². The number of nitrogens with zero attached hydrogens (tertiary/aromatic N) is 1. The van der Waals surface area contributed by atoms with Gasteiger partial charge in [-0.05, 0) is 68.1 Å². The van der Waals surface area contributed by atoms with Crippen LogP contribution >= 0.6 is 0 Å². The number of sulfonamides is 1. The molecular weight excluding hydrogens is 660 g/mol. The van der Waals surface area contributed by atoms with Crippen LogP contribution in [0.15, 0.2) is 43.0 Å². The van der Waals surface area contributed by atoms with Gasteiger partial charge in [0, 0.05) is 24.4 Å². The number of ether oxygens (including phenoxy) is 2. The number of carbonyl (C=O) groups excluding carboxylic acids is 4. The van der Waals surface area contributed by atoms with Crippen molar-refractivity contribution in [3.8, 4) is 11.8 Å². The van der Waals surface area contributed by atoms with E-state index in [1.165, 1.54) is 11.0 Å². The fourth-order valence-electron chi connectivity index (χ4n) is 6.35. The maximum Gasteiger partial charge on any atom is 0.407 e. The number of amides is 4. The van der Waals surface area contributed by atoms with Crippen molar-refractivity contribution in [1.82, 2.24) is 20.3 Å². The van der Waals surface area contributed by atoms with E-state index < -0.39 is 74.1 Å². The largest absolute Gasteiger partial charge is 0.450 e. The van der Waals surface area contributed by atoms with E-state index >= 15 is 0 Å². The second-order valence-electron chi connectivity index (χ2n) is 14.6. The smallest absolute Gasteiger partial charge is 0.407 e. The van der Waals surface area contributed by atoms with Crippen LogP contribution in [0.1, 0.15) is 83.3 Å². The molecule has 2 aliphatic carbocycles. The molecule has 0 aromatic heterocycles. The van der Waals surface area contributed by atoms with Gasteiger partial charge in [-0.1, -0.05) is 63.0 Å². The first-order valence-electron chi connectivity index (χ1n) is 17.3. The Kier molecular flexibility index (Phi) is 11.4. The summed E-state index contributed by atoms with van der Waals surface area (Å²) in [4.78, 5) is 56.0. The van der Waals surface area contributed by atoms with E-state index in [0.29, 0.717) is 19.3 Å². The Morgan fingerprint density at radius 2 is 1.94 bits per heavy atom. The predicted octanol–water partition coefficient (Wildman–Crippen LogP) is 3.42. The Balaban J connectivity index is 1.39. The third-order valence-corrected chi connectivity index (χ3v) is 11.4. The van der Waals surface area contributed by atoms with Crippen molar-refractivity contribution in [2.45, 2.75) is 101 Å². The molecule has 3 fully saturated rings. The first-order chi connectivity index (χ1) is 23.7. The summed E-state index contributed by atoms with van der Waals surface area (Å²) >= 11 is 0. The Morgan fingerprint density at radius 1 is 1.16 bits per heavy atom. The van der Waals surface area contributed by atoms with Crippen LogP contribution in [0.2, 0.25) is 0 Å². The van der Waals surface area contributed by atoms with Crippen LogP contribution in [-0.4, -0.2) is 85.9 Å². The first kappa shape index (κ1) is 37.1. The minimum absolute atomic E-state index is 0.0301. The lowest BCUT2D eigenvalue weighted by Gasteiger charge is -2.35. The maximum absolute atomic E-state index is 14.3. The van der Waals surface area contributed by atoms with Crippen LogP contribution in [0.4, 0.5) is 4.79 Å². The monoisotopic (exact) mass is 708 g/mol. The summed E-state index contributed by atoms with van der Waals surface area (Å²) in [5.74, 6) is 3.68. The van der Waals surface area contributed by atoms with Crippen molar-refractivity contribution >= 4 is 39.9 Å². The summed E-state index contributed by atoms with van der Waals surface area (Å²) in [5, 5.41) is 4.88. The number of hydrogen-bond acceptors (Lipinski definition) is 8. The van der Waals surface area contributed by atoms with E-state index in [2.05, 4.69) is 45.9 Å². The lowest BCUT2D eigenvalue weighted by molar-refractivity contribution is -0.143. The lowest BCUT2D eigenvalue weighted by Crippen LogP contribution is -2.60. The number of hydrogen-bond donors (Lipinski definition) is 3. The van der Waals surface area contributed by atoms with Crippen LogP contribution in [0.25, 0.3) is 6.08 Å². The fraction of sp³-hybridized carbons (Fsp3) is 0.568. The van der Waals surface area contributed by atoms with Crippen molar-refractivity contribution < 1.29 is 37.1 Å². The van der Waals surface area contributed by atoms with Gasteiger partial charge >= 0.3 is 6.09 Å². The average molecular weight is 709 g/mol. The van der Waals surface area contributed by atoms with Crippen molar-refractivity contribution in [3.63, 3.8) is 0 Å². The molecule has 2 saturated carbocycles. The highest BCUT2D eigenvalue weighted by Gasteiger charge is 2.62. The Bertz CT molecular complexity index is 1690. The molecule has 4 amide bonds. The molecule has 2 aliphatic heterocycles. The molecule has 0 spiro atoms. The number of allylic oxidation sites excluding steroid dienone is 1. The van der Waals surface area contributed by atoms with Gasteiger partial charge in [0.05, 0.1) is 18.0 Å². The number of rotatable bonds is 6. The minimum Gasteiger partial charge on any atom is -0.450 e. The van der Waals surface area contributed by atoms with Gasteiger partial charge in [0.1, 0.15) is 24.2 Å². The fourth-order valence-corrected chi connectivity index (χ4v) is 7.71. The van der Waals surface area contributed by atoms with E-state index in [1.807, 2.05) is 24.3 Å². The van der Waals surface area contributed by atoms with Gasteiger partial charge in [0.2, 0.25) is 21.8 Å². The summed E-state index contributed by atoms with van der Waals surface area (Å²) in [5.41, 5.74) is -0.430. The first-order valence-corrected chi connectivity index (χ1v) is 18.9. The normalized spacial score (nSPS) is 28.0. The van der Waals surface area contributed by atoms with Gasteiger partial charge in [-0.25, -0.2) is 13.2 Å². The maximum atomic E-state index is 14.3. The summed E-state index contributed by atoms with van der Waals surface area (Å²) in [6.45, 7) is 9.42. The third kappa shape index (κ3) is 9.14. The summed E-state index contributed by atoms with van der Waals surface area (Å²) in [6.07, 6.45) is 8.88. The SMILES string of the molecule is C=C[C@@H]1C[C@]1(NC(=O)[C@@H]1C[C@@H]2CN1C(=O)[C@H](C(C)(C)C)NC(=O)OCCCCCC=Cc1cccc(c1)C#CCO2)C(=O)NS(=O)(=O)C1CC1. The average Bonchev–Trinajstić information content (AvgIpc) is 3.99. The highest BCUT2D eigenvalue weighted by atomic mass is 32.2. The van der Waals surface area contributed by atoms with Crippen molar-refractivity contribution in [1.29, 1.82) is 0 Å². The number of benzene rings is 1. The number of carbonyl (C=O) groups is 4. The van der Waals surface area contributed by atoms with Gasteiger partial charge in [0.15, 0.2) is 0 Å². The number of alkyl carbamates (subject to hydrolysis) is 1. The summed E-state index contributed by atoms with van der Waals surface area (Å²) in [7, 11) is -3.87. The molecule has 0 radical (unpaired) electrons. The Labute approximate surface area is 294 Å². The molecule has 2 heterocycles. The summed E-state index contributed by atoms with van der Waals surface area (Å²) < 4.78 is 38.9. The number of nitrogens with one attached hydrogen (secondary N) is 3. The highest BCUT2D eigenvalue weighted by molar-refractivity contribution is 7.91. The molecule has 5 atom stereocenters. The van der Waals surface area contributed by atoms with E-state index in [1.54, 1.807) is 20.8 Å². The molecule has 1 saturated heterocycles. The quantitative estimate of drug-likeness (QED) is 0.300. The minimum atomic E-state index is -3.87. The zero-order valence-electron chi connectivity index (χ0n) is 29.0. The second kappa shape index (κ2) is 15.4. The van der Waals surface area contributed by atoms with Crippen LogP contribution < -0.4 is 15.4 Å². The van der Waals surface area contributed by atoms with Gasteiger partial charge in [-0.2, -0.15) is 0 Å². The molecule has 3 N–H and O–H groups in total. The van der Waals surface area contributed by atoms with Crippen molar-refractivity contribution in [2.24, 2.45) is 11.3 Å². The van der Waals surface area contributed by atoms with Crippen LogP contribution in [0.5, 0.6) is 0 Å². The lowest BCUT2D eigenvalue weighted by atomic mass is 9.85. The molecular formula is C37H48N4O8S. The van der Waals surface area contributed by atoms with Crippen LogP contribution in [0.3, 0.4) is 0 Å². The predicted molar refractivity (Wildman–Crippen MR) is 188 cm³/mol. The zero-order valence-corrected chi connectivity index (χ0v) is 29.9. The van der Waals surface area contributed by atoms with Crippen LogP contribution in [-0.2, 0) is 33.9 Å². The van der Waals surface area contributed by atoms with Crippen LogP contribution in [0, 0.1) is 23.2 Å². The van der Waals surface area contributed by atoms with Crippen molar-refractivity contribution in [2.75, 3.05) is 19.8 Å². The second-order valence-corrected chi connectivity index (χ2v) is 16.6. The van der Waals surface area contributed by atoms with Gasteiger partial charge < -0.3 is 25.0 Å². The Morgan fingerprint density at radius 3 is 2.64 bits per heavy atom. The third-order valence-electron chi connectivity index (χ3n) is 9.54. The zero-order chi connectivity index (χ0) is 36.1. The van der Waals surface area contributed by atoms with E-state index in [9.17, 15) is 27.6 Å². The molecule has 270 valence electrons. The Hall–Kier alpha value is -4.15. The summed E-state index contributed by atoms with van der Waals surface area (Å²) in [6, 6.07) is 5.71.